The van der Waals surface area contributed by atoms with Crippen LogP contribution >= 0.6 is 11.3 Å². The molecule has 2 heterocycles. The smallest absolute Gasteiger partial charge is 0.224 e. The molecule has 120 valence electrons. The fourth-order valence-electron chi connectivity index (χ4n) is 2.63. The SMILES string of the molecule is O=C(CCC(=O)c1cccs1)Nc1ccc2c(c1F)CCNC2. The molecule has 0 unspecified atom stereocenters. The number of nitrogens with one attached hydrogen (secondary N) is 2. The van der Waals surface area contributed by atoms with Crippen LogP contribution in [0.2, 0.25) is 0 Å². The summed E-state index contributed by atoms with van der Waals surface area (Å²) in [7, 11) is 0. The van der Waals surface area contributed by atoms with Crippen molar-refractivity contribution in [2.75, 3.05) is 11.9 Å². The molecule has 6 heteroatoms. The monoisotopic (exact) mass is 332 g/mol. The van der Waals surface area contributed by atoms with Gasteiger partial charge in [-0.2, -0.15) is 0 Å². The number of benzene rings is 1. The third kappa shape index (κ3) is 3.65. The fraction of sp³-hybridized carbons (Fsp3) is 0.294. The first kappa shape index (κ1) is 15.8. The molecule has 1 aromatic carbocycles. The van der Waals surface area contributed by atoms with Gasteiger partial charge in [-0.3, -0.25) is 9.59 Å². The Morgan fingerprint density at radius 1 is 1.26 bits per heavy atom. The molecule has 23 heavy (non-hydrogen) atoms. The van der Waals surface area contributed by atoms with Gasteiger partial charge in [-0.15, -0.1) is 11.3 Å². The minimum absolute atomic E-state index is 0.0504. The van der Waals surface area contributed by atoms with E-state index in [1.165, 1.54) is 11.3 Å². The number of carbonyl (C=O) groups excluding carboxylic acids is 2. The van der Waals surface area contributed by atoms with Gasteiger partial charge < -0.3 is 10.6 Å². The number of amides is 1. The number of Topliss-reactive ketones (excluding diaryl/α,β-unsaturated/α-hetero) is 1. The van der Waals surface area contributed by atoms with E-state index in [1.54, 1.807) is 18.2 Å². The van der Waals surface area contributed by atoms with Crippen molar-refractivity contribution in [3.8, 4) is 0 Å². The van der Waals surface area contributed by atoms with Crippen LogP contribution in [0.1, 0.15) is 33.6 Å². The maximum Gasteiger partial charge on any atom is 0.224 e. The van der Waals surface area contributed by atoms with Gasteiger partial charge in [-0.25, -0.2) is 4.39 Å². The summed E-state index contributed by atoms with van der Waals surface area (Å²) < 4.78 is 14.4. The molecule has 1 aliphatic rings. The predicted molar refractivity (Wildman–Crippen MR) is 88.3 cm³/mol. The maximum absolute atomic E-state index is 14.4. The van der Waals surface area contributed by atoms with Crippen LogP contribution in [0.15, 0.2) is 29.6 Å². The number of rotatable bonds is 5. The van der Waals surface area contributed by atoms with E-state index < -0.39 is 0 Å². The highest BCUT2D eigenvalue weighted by Crippen LogP contribution is 2.24. The summed E-state index contributed by atoms with van der Waals surface area (Å²) in [5, 5.41) is 7.59. The standard InChI is InChI=1S/C17H17FN2O2S/c18-17-12-7-8-19-10-11(12)3-4-13(17)20-16(22)6-5-14(21)15-2-1-9-23-15/h1-4,9,19H,5-8,10H2,(H,20,22). The zero-order valence-corrected chi connectivity index (χ0v) is 13.3. The Balaban J connectivity index is 1.61. The first-order chi connectivity index (χ1) is 11.1. The second kappa shape index (κ2) is 7.02. The fourth-order valence-corrected chi connectivity index (χ4v) is 3.32. The molecule has 0 bridgehead atoms. The second-order valence-corrected chi connectivity index (χ2v) is 6.39. The minimum Gasteiger partial charge on any atom is -0.324 e. The third-order valence-electron chi connectivity index (χ3n) is 3.86. The van der Waals surface area contributed by atoms with Crippen molar-refractivity contribution < 1.29 is 14.0 Å². The van der Waals surface area contributed by atoms with Crippen LogP contribution < -0.4 is 10.6 Å². The van der Waals surface area contributed by atoms with Gasteiger partial charge in [0.2, 0.25) is 5.91 Å². The number of thiophene rings is 1. The van der Waals surface area contributed by atoms with Gasteiger partial charge in [0, 0.05) is 19.4 Å². The van der Waals surface area contributed by atoms with Crippen LogP contribution in [0.5, 0.6) is 0 Å². The topological polar surface area (TPSA) is 58.2 Å². The van der Waals surface area contributed by atoms with Crippen LogP contribution in [0.3, 0.4) is 0 Å². The van der Waals surface area contributed by atoms with E-state index in [1.807, 2.05) is 11.4 Å². The first-order valence-electron chi connectivity index (χ1n) is 7.52. The number of carbonyl (C=O) groups is 2. The Labute approximate surface area is 137 Å². The van der Waals surface area contributed by atoms with Crippen molar-refractivity contribution in [1.29, 1.82) is 0 Å². The summed E-state index contributed by atoms with van der Waals surface area (Å²) in [6.07, 6.45) is 0.791. The Kier molecular flexibility index (Phi) is 4.83. The molecule has 1 aromatic heterocycles. The zero-order valence-electron chi connectivity index (χ0n) is 12.5. The molecule has 3 rings (SSSR count). The highest BCUT2D eigenvalue weighted by Gasteiger charge is 2.18. The van der Waals surface area contributed by atoms with Crippen LogP contribution in [0, 0.1) is 5.82 Å². The summed E-state index contributed by atoms with van der Waals surface area (Å²) >= 11 is 1.36. The van der Waals surface area contributed by atoms with Gasteiger partial charge >= 0.3 is 0 Å². The number of hydrogen-bond acceptors (Lipinski definition) is 4. The van der Waals surface area contributed by atoms with E-state index in [0.29, 0.717) is 23.4 Å². The van der Waals surface area contributed by atoms with E-state index in [2.05, 4.69) is 10.6 Å². The summed E-state index contributed by atoms with van der Waals surface area (Å²) in [5.74, 6) is -0.767. The maximum atomic E-state index is 14.4. The molecule has 1 amide bonds. The van der Waals surface area contributed by atoms with Crippen molar-refractivity contribution in [3.63, 3.8) is 0 Å². The molecule has 0 saturated carbocycles. The Bertz CT molecular complexity index is 728. The van der Waals surface area contributed by atoms with Crippen LogP contribution in [-0.4, -0.2) is 18.2 Å². The predicted octanol–water partition coefficient (Wildman–Crippen LogP) is 3.13. The molecule has 0 radical (unpaired) electrons. The number of anilines is 1. The van der Waals surface area contributed by atoms with Crippen molar-refractivity contribution in [2.24, 2.45) is 0 Å². The highest BCUT2D eigenvalue weighted by molar-refractivity contribution is 7.12. The lowest BCUT2D eigenvalue weighted by Gasteiger charge is -2.19. The number of ketones is 1. The Morgan fingerprint density at radius 3 is 2.91 bits per heavy atom. The molecule has 0 saturated heterocycles. The molecule has 0 spiro atoms. The van der Waals surface area contributed by atoms with E-state index in [9.17, 15) is 14.0 Å². The quantitative estimate of drug-likeness (QED) is 0.827. The minimum atomic E-state index is -0.359. The van der Waals surface area contributed by atoms with Gasteiger partial charge in [0.1, 0.15) is 5.82 Å². The summed E-state index contributed by atoms with van der Waals surface area (Å²) in [4.78, 5) is 24.5. The molecule has 0 fully saturated rings. The Morgan fingerprint density at radius 2 is 2.13 bits per heavy atom. The van der Waals surface area contributed by atoms with Crippen LogP contribution in [-0.2, 0) is 17.8 Å². The van der Waals surface area contributed by atoms with E-state index in [-0.39, 0.29) is 36.0 Å². The van der Waals surface area contributed by atoms with Gasteiger partial charge in [0.25, 0.3) is 0 Å². The van der Waals surface area contributed by atoms with Crippen molar-refractivity contribution in [1.82, 2.24) is 5.32 Å². The van der Waals surface area contributed by atoms with Crippen LogP contribution in [0.4, 0.5) is 10.1 Å². The molecular weight excluding hydrogens is 315 g/mol. The van der Waals surface area contributed by atoms with Gasteiger partial charge in [-0.05, 0) is 41.6 Å². The van der Waals surface area contributed by atoms with Gasteiger partial charge in [-0.1, -0.05) is 12.1 Å². The summed E-state index contributed by atoms with van der Waals surface area (Å²) in [6, 6.07) is 6.95. The second-order valence-electron chi connectivity index (χ2n) is 5.44. The van der Waals surface area contributed by atoms with Crippen molar-refractivity contribution >= 4 is 28.7 Å². The summed E-state index contributed by atoms with van der Waals surface area (Å²) in [6.45, 7) is 1.38. The van der Waals surface area contributed by atoms with Crippen molar-refractivity contribution in [3.05, 3.63) is 51.5 Å². The van der Waals surface area contributed by atoms with Gasteiger partial charge in [0.15, 0.2) is 5.78 Å². The normalized spacial score (nSPS) is 13.4. The first-order valence-corrected chi connectivity index (χ1v) is 8.40. The van der Waals surface area contributed by atoms with E-state index in [4.69, 9.17) is 0 Å². The molecule has 0 aliphatic carbocycles. The van der Waals surface area contributed by atoms with Crippen LogP contribution in [0.25, 0.3) is 0 Å². The Hall–Kier alpha value is -2.05. The zero-order chi connectivity index (χ0) is 16.2. The average Bonchev–Trinajstić information content (AvgIpc) is 3.10. The molecule has 4 nitrogen and oxygen atoms in total. The van der Waals surface area contributed by atoms with Crippen molar-refractivity contribution in [2.45, 2.75) is 25.8 Å². The lowest BCUT2D eigenvalue weighted by molar-refractivity contribution is -0.116. The largest absolute Gasteiger partial charge is 0.324 e. The molecule has 2 N–H and O–H groups in total. The highest BCUT2D eigenvalue weighted by atomic mass is 32.1. The summed E-state index contributed by atoms with van der Waals surface area (Å²) in [5.41, 5.74) is 1.79. The number of fused-ring (bicyclic) bond motifs is 1. The molecule has 0 atom stereocenters. The molecule has 2 aromatic rings. The molecular formula is C17H17FN2O2S. The van der Waals surface area contributed by atoms with E-state index in [0.717, 1.165) is 12.1 Å². The number of hydrogen-bond donors (Lipinski definition) is 2. The third-order valence-corrected chi connectivity index (χ3v) is 4.77. The lowest BCUT2D eigenvalue weighted by Crippen LogP contribution is -2.25. The number of halogens is 1. The lowest BCUT2D eigenvalue weighted by atomic mass is 9.99. The van der Waals surface area contributed by atoms with E-state index >= 15 is 0 Å². The van der Waals surface area contributed by atoms with Gasteiger partial charge in [0.05, 0.1) is 10.6 Å². The molecule has 1 aliphatic heterocycles. The average molecular weight is 332 g/mol.